The van der Waals surface area contributed by atoms with Crippen molar-refractivity contribution in [3.63, 3.8) is 0 Å². The number of hydrogen-bond acceptors (Lipinski definition) is 3. The first kappa shape index (κ1) is 13.9. The van der Waals surface area contributed by atoms with Crippen LogP contribution in [0, 0.1) is 5.92 Å². The molecule has 0 aromatic carbocycles. The molecule has 1 atom stereocenters. The molecular formula is C11H24N2O2S. The Balaban J connectivity index is 2.45. The molecule has 1 rings (SSSR count). The van der Waals surface area contributed by atoms with Gasteiger partial charge in [-0.1, -0.05) is 13.8 Å². The Kier molecular flexibility index (Phi) is 4.76. The molecule has 16 heavy (non-hydrogen) atoms. The molecule has 0 amide bonds. The van der Waals surface area contributed by atoms with E-state index >= 15 is 0 Å². The zero-order valence-corrected chi connectivity index (χ0v) is 11.5. The minimum absolute atomic E-state index is 0.336. The summed E-state index contributed by atoms with van der Waals surface area (Å²) in [5, 5.41) is 2.93. The maximum atomic E-state index is 12.1. The van der Waals surface area contributed by atoms with E-state index in [1.54, 1.807) is 14.0 Å². The van der Waals surface area contributed by atoms with Crippen molar-refractivity contribution in [2.75, 3.05) is 20.1 Å². The largest absolute Gasteiger partial charge is 0.313 e. The highest BCUT2D eigenvalue weighted by Gasteiger charge is 2.28. The third kappa shape index (κ3) is 4.03. The standard InChI is InChI=1S/C11H24N2O2S/c1-9(2)8-13(4)16(14,15)10(3)7-12-11-5-6-11/h9-12H,5-8H2,1-4H3. The van der Waals surface area contributed by atoms with Crippen molar-refractivity contribution in [2.24, 2.45) is 5.92 Å². The van der Waals surface area contributed by atoms with Gasteiger partial charge in [-0.15, -0.1) is 0 Å². The van der Waals surface area contributed by atoms with Crippen molar-refractivity contribution in [1.29, 1.82) is 0 Å². The Morgan fingerprint density at radius 2 is 1.88 bits per heavy atom. The number of nitrogens with one attached hydrogen (secondary N) is 1. The van der Waals surface area contributed by atoms with E-state index in [0.717, 1.165) is 0 Å². The van der Waals surface area contributed by atoms with Gasteiger partial charge in [0.1, 0.15) is 0 Å². The summed E-state index contributed by atoms with van der Waals surface area (Å²) in [6, 6.07) is 0.563. The molecule has 0 heterocycles. The van der Waals surface area contributed by atoms with Gasteiger partial charge in [0.15, 0.2) is 0 Å². The molecule has 0 aliphatic heterocycles. The molecule has 1 N–H and O–H groups in total. The van der Waals surface area contributed by atoms with Crippen LogP contribution >= 0.6 is 0 Å². The molecule has 0 spiro atoms. The molecule has 1 aliphatic rings. The lowest BCUT2D eigenvalue weighted by molar-refractivity contribution is 0.409. The van der Waals surface area contributed by atoms with Gasteiger partial charge in [0.25, 0.3) is 0 Å². The van der Waals surface area contributed by atoms with Crippen molar-refractivity contribution in [2.45, 2.75) is 44.9 Å². The zero-order valence-electron chi connectivity index (χ0n) is 10.7. The molecule has 1 unspecified atom stereocenters. The lowest BCUT2D eigenvalue weighted by Crippen LogP contribution is -2.41. The smallest absolute Gasteiger partial charge is 0.217 e. The van der Waals surface area contributed by atoms with Gasteiger partial charge in [-0.25, -0.2) is 12.7 Å². The lowest BCUT2D eigenvalue weighted by Gasteiger charge is -2.23. The van der Waals surface area contributed by atoms with Gasteiger partial charge in [0, 0.05) is 26.2 Å². The lowest BCUT2D eigenvalue weighted by atomic mass is 10.2. The van der Waals surface area contributed by atoms with E-state index in [9.17, 15) is 8.42 Å². The molecule has 4 nitrogen and oxygen atoms in total. The molecule has 1 fully saturated rings. The van der Waals surface area contributed by atoms with E-state index in [1.165, 1.54) is 17.1 Å². The van der Waals surface area contributed by atoms with Crippen molar-refractivity contribution in [3.8, 4) is 0 Å². The second kappa shape index (κ2) is 5.47. The van der Waals surface area contributed by atoms with Gasteiger partial charge >= 0.3 is 0 Å². The molecule has 5 heteroatoms. The average molecular weight is 248 g/mol. The molecule has 0 radical (unpaired) electrons. The minimum atomic E-state index is -3.13. The number of sulfonamides is 1. The normalized spacial score (nSPS) is 19.4. The predicted octanol–water partition coefficient (Wildman–Crippen LogP) is 1.04. The van der Waals surface area contributed by atoms with Crippen molar-refractivity contribution in [3.05, 3.63) is 0 Å². The highest BCUT2D eigenvalue weighted by molar-refractivity contribution is 7.89. The summed E-state index contributed by atoms with van der Waals surface area (Å²) < 4.78 is 25.7. The molecule has 1 aliphatic carbocycles. The van der Waals surface area contributed by atoms with Crippen LogP contribution in [0.25, 0.3) is 0 Å². The van der Waals surface area contributed by atoms with Gasteiger partial charge in [-0.05, 0) is 25.7 Å². The Labute approximate surface area is 99.5 Å². The van der Waals surface area contributed by atoms with Gasteiger partial charge in [0.05, 0.1) is 5.25 Å². The molecule has 96 valence electrons. The van der Waals surface area contributed by atoms with Gasteiger partial charge in [0.2, 0.25) is 10.0 Å². The Morgan fingerprint density at radius 3 is 2.31 bits per heavy atom. The van der Waals surface area contributed by atoms with Crippen molar-refractivity contribution in [1.82, 2.24) is 9.62 Å². The number of hydrogen-bond donors (Lipinski definition) is 1. The summed E-state index contributed by atoms with van der Waals surface area (Å²) in [6.45, 7) is 6.99. The Morgan fingerprint density at radius 1 is 1.31 bits per heavy atom. The first-order valence-electron chi connectivity index (χ1n) is 6.02. The topological polar surface area (TPSA) is 49.4 Å². The van der Waals surface area contributed by atoms with E-state index in [0.29, 0.717) is 25.0 Å². The van der Waals surface area contributed by atoms with Crippen LogP contribution in [0.5, 0.6) is 0 Å². The van der Waals surface area contributed by atoms with Crippen LogP contribution in [0.4, 0.5) is 0 Å². The van der Waals surface area contributed by atoms with Crippen molar-refractivity contribution < 1.29 is 8.42 Å². The summed E-state index contributed by atoms with van der Waals surface area (Å²) >= 11 is 0. The Bertz CT molecular complexity index is 310. The van der Waals surface area contributed by atoms with Crippen LogP contribution < -0.4 is 5.32 Å². The first-order chi connectivity index (χ1) is 7.34. The second-order valence-electron chi connectivity index (χ2n) is 5.21. The van der Waals surface area contributed by atoms with E-state index in [-0.39, 0.29) is 5.25 Å². The summed E-state index contributed by atoms with van der Waals surface area (Å²) in [5.41, 5.74) is 0. The van der Waals surface area contributed by atoms with E-state index in [1.807, 2.05) is 13.8 Å². The molecule has 0 aromatic heterocycles. The molecule has 0 saturated heterocycles. The van der Waals surface area contributed by atoms with Crippen LogP contribution in [0.3, 0.4) is 0 Å². The van der Waals surface area contributed by atoms with Gasteiger partial charge < -0.3 is 5.32 Å². The minimum Gasteiger partial charge on any atom is -0.313 e. The van der Waals surface area contributed by atoms with Gasteiger partial charge in [-0.3, -0.25) is 0 Å². The van der Waals surface area contributed by atoms with E-state index < -0.39 is 10.0 Å². The second-order valence-corrected chi connectivity index (χ2v) is 7.67. The highest BCUT2D eigenvalue weighted by atomic mass is 32.2. The quantitative estimate of drug-likeness (QED) is 0.732. The third-order valence-electron chi connectivity index (χ3n) is 2.84. The zero-order chi connectivity index (χ0) is 12.3. The Hall–Kier alpha value is -0.130. The third-order valence-corrected chi connectivity index (χ3v) is 5.04. The highest BCUT2D eigenvalue weighted by Crippen LogP contribution is 2.19. The van der Waals surface area contributed by atoms with Crippen molar-refractivity contribution >= 4 is 10.0 Å². The molecular weight excluding hydrogens is 224 g/mol. The van der Waals surface area contributed by atoms with E-state index in [2.05, 4.69) is 5.32 Å². The number of nitrogens with zero attached hydrogens (tertiary/aromatic N) is 1. The fourth-order valence-corrected chi connectivity index (χ4v) is 3.08. The van der Waals surface area contributed by atoms with Crippen LogP contribution in [-0.2, 0) is 10.0 Å². The van der Waals surface area contributed by atoms with Crippen LogP contribution in [0.2, 0.25) is 0 Å². The van der Waals surface area contributed by atoms with Crippen LogP contribution in [0.15, 0.2) is 0 Å². The van der Waals surface area contributed by atoms with Gasteiger partial charge in [-0.2, -0.15) is 0 Å². The molecule has 0 aromatic rings. The molecule has 0 bridgehead atoms. The fraction of sp³-hybridized carbons (Fsp3) is 1.00. The fourth-order valence-electron chi connectivity index (χ4n) is 1.65. The SMILES string of the molecule is CC(C)CN(C)S(=O)(=O)C(C)CNC1CC1. The van der Waals surface area contributed by atoms with Crippen LogP contribution in [-0.4, -0.2) is 44.2 Å². The maximum absolute atomic E-state index is 12.1. The predicted molar refractivity (Wildman–Crippen MR) is 66.9 cm³/mol. The monoisotopic (exact) mass is 248 g/mol. The maximum Gasteiger partial charge on any atom is 0.217 e. The summed E-state index contributed by atoms with van der Waals surface area (Å²) in [4.78, 5) is 0. The number of rotatable bonds is 7. The van der Waals surface area contributed by atoms with E-state index in [4.69, 9.17) is 0 Å². The summed E-state index contributed by atoms with van der Waals surface area (Å²) in [7, 11) is -1.46. The molecule has 1 saturated carbocycles. The summed E-state index contributed by atoms with van der Waals surface area (Å²) in [5.74, 6) is 0.364. The average Bonchev–Trinajstić information content (AvgIpc) is 2.96. The first-order valence-corrected chi connectivity index (χ1v) is 7.53. The summed E-state index contributed by atoms with van der Waals surface area (Å²) in [6.07, 6.45) is 2.38. The van der Waals surface area contributed by atoms with Crippen LogP contribution in [0.1, 0.15) is 33.6 Å².